The molecule has 0 aromatic heterocycles. The second-order valence-corrected chi connectivity index (χ2v) is 8.84. The lowest BCUT2D eigenvalue weighted by Gasteiger charge is -2.24. The van der Waals surface area contributed by atoms with Crippen molar-refractivity contribution in [3.05, 3.63) is 59.7 Å². The predicted octanol–water partition coefficient (Wildman–Crippen LogP) is 4.79. The molecular weight excluding hydrogens is 428 g/mol. The standard InChI is InChI=1S/C25H32N2O4.ClH/c1-25(2,3)31-23(28)22(14-8-9-15-26)27-24(29)30-16-21-19-12-6-4-10-17(19)18-11-5-7-13-20(18)21;/h4-7,10-13,21-22H,8-9,14-16,26H2,1-3H3,(H,27,29);1H/t22-;/m0./s1. The smallest absolute Gasteiger partial charge is 0.407 e. The summed E-state index contributed by atoms with van der Waals surface area (Å²) in [6, 6.07) is 15.6. The molecule has 7 heteroatoms. The van der Waals surface area contributed by atoms with Crippen LogP contribution in [0.15, 0.2) is 48.5 Å². The summed E-state index contributed by atoms with van der Waals surface area (Å²) in [6.07, 6.45) is 1.32. The molecule has 0 aliphatic heterocycles. The number of carbonyl (C=O) groups excluding carboxylic acids is 2. The van der Waals surface area contributed by atoms with Gasteiger partial charge in [0.25, 0.3) is 0 Å². The highest BCUT2D eigenvalue weighted by molar-refractivity contribution is 5.85. The molecule has 1 amide bonds. The third-order valence-electron chi connectivity index (χ3n) is 5.27. The molecule has 0 spiro atoms. The van der Waals surface area contributed by atoms with E-state index in [1.54, 1.807) is 20.8 Å². The number of ether oxygens (including phenoxy) is 2. The van der Waals surface area contributed by atoms with E-state index in [1.165, 1.54) is 11.1 Å². The van der Waals surface area contributed by atoms with Crippen LogP contribution in [0.4, 0.5) is 4.79 Å². The number of nitrogens with one attached hydrogen (secondary N) is 1. The van der Waals surface area contributed by atoms with Crippen LogP contribution in [0.1, 0.15) is 57.1 Å². The number of amides is 1. The van der Waals surface area contributed by atoms with E-state index < -0.39 is 23.7 Å². The Hall–Kier alpha value is -2.57. The maximum Gasteiger partial charge on any atom is 0.407 e. The largest absolute Gasteiger partial charge is 0.458 e. The van der Waals surface area contributed by atoms with Crippen LogP contribution < -0.4 is 11.1 Å². The van der Waals surface area contributed by atoms with Crippen LogP contribution >= 0.6 is 12.4 Å². The van der Waals surface area contributed by atoms with E-state index in [1.807, 2.05) is 24.3 Å². The number of benzene rings is 2. The minimum atomic E-state index is -0.763. The van der Waals surface area contributed by atoms with Crippen LogP contribution in [0.2, 0.25) is 0 Å². The third-order valence-corrected chi connectivity index (χ3v) is 5.27. The number of hydrogen-bond acceptors (Lipinski definition) is 5. The molecule has 2 aromatic carbocycles. The van der Waals surface area contributed by atoms with Crippen molar-refractivity contribution in [1.82, 2.24) is 5.32 Å². The van der Waals surface area contributed by atoms with Gasteiger partial charge in [0.1, 0.15) is 18.2 Å². The van der Waals surface area contributed by atoms with Gasteiger partial charge in [-0.2, -0.15) is 0 Å². The number of hydrogen-bond donors (Lipinski definition) is 2. The number of carbonyl (C=O) groups is 2. The van der Waals surface area contributed by atoms with Gasteiger partial charge in [0.2, 0.25) is 0 Å². The van der Waals surface area contributed by atoms with Crippen LogP contribution in [0, 0.1) is 0 Å². The molecule has 0 fully saturated rings. The van der Waals surface area contributed by atoms with Crippen LogP contribution in [0.3, 0.4) is 0 Å². The average Bonchev–Trinajstić information content (AvgIpc) is 3.04. The fraction of sp³-hybridized carbons (Fsp3) is 0.440. The molecule has 0 heterocycles. The molecule has 0 bridgehead atoms. The van der Waals surface area contributed by atoms with Gasteiger partial charge in [-0.1, -0.05) is 48.5 Å². The molecular formula is C25H33ClN2O4. The Bertz CT molecular complexity index is 881. The van der Waals surface area contributed by atoms with Crippen molar-refractivity contribution in [1.29, 1.82) is 0 Å². The van der Waals surface area contributed by atoms with E-state index in [4.69, 9.17) is 15.2 Å². The number of halogens is 1. The summed E-state index contributed by atoms with van der Waals surface area (Å²) in [5.41, 5.74) is 9.55. The van der Waals surface area contributed by atoms with Gasteiger partial charge < -0.3 is 20.5 Å². The van der Waals surface area contributed by atoms with Crippen LogP contribution in [0.5, 0.6) is 0 Å². The van der Waals surface area contributed by atoms with Crippen molar-refractivity contribution in [2.75, 3.05) is 13.2 Å². The Labute approximate surface area is 196 Å². The Morgan fingerprint density at radius 1 is 1.00 bits per heavy atom. The molecule has 174 valence electrons. The lowest BCUT2D eigenvalue weighted by molar-refractivity contribution is -0.157. The predicted molar refractivity (Wildman–Crippen MR) is 128 cm³/mol. The Balaban J connectivity index is 0.00000363. The Morgan fingerprint density at radius 2 is 1.56 bits per heavy atom. The molecule has 1 atom stereocenters. The quantitative estimate of drug-likeness (QED) is 0.436. The van der Waals surface area contributed by atoms with Crippen LogP contribution in [0.25, 0.3) is 11.1 Å². The van der Waals surface area contributed by atoms with Gasteiger partial charge in [0.05, 0.1) is 0 Å². The van der Waals surface area contributed by atoms with Gasteiger partial charge in [-0.15, -0.1) is 12.4 Å². The number of nitrogens with two attached hydrogens (primary N) is 1. The molecule has 0 unspecified atom stereocenters. The topological polar surface area (TPSA) is 90.6 Å². The fourth-order valence-corrected chi connectivity index (χ4v) is 3.90. The van der Waals surface area contributed by atoms with Gasteiger partial charge in [0.15, 0.2) is 0 Å². The summed E-state index contributed by atoms with van der Waals surface area (Å²) < 4.78 is 11.0. The fourth-order valence-electron chi connectivity index (χ4n) is 3.90. The normalized spacial score (nSPS) is 13.4. The summed E-state index contributed by atoms with van der Waals surface area (Å²) in [5, 5.41) is 2.69. The molecule has 6 nitrogen and oxygen atoms in total. The number of fused-ring (bicyclic) bond motifs is 3. The van der Waals surface area contributed by atoms with Crippen molar-refractivity contribution < 1.29 is 19.1 Å². The second-order valence-electron chi connectivity index (χ2n) is 8.84. The maximum atomic E-state index is 12.6. The molecule has 3 rings (SSSR count). The summed E-state index contributed by atoms with van der Waals surface area (Å²) >= 11 is 0. The van der Waals surface area contributed by atoms with Crippen molar-refractivity contribution in [2.45, 2.75) is 57.6 Å². The summed E-state index contributed by atoms with van der Waals surface area (Å²) in [4.78, 5) is 25.1. The molecule has 32 heavy (non-hydrogen) atoms. The molecule has 2 aromatic rings. The first-order valence-electron chi connectivity index (χ1n) is 10.8. The lowest BCUT2D eigenvalue weighted by Crippen LogP contribution is -2.44. The highest BCUT2D eigenvalue weighted by Gasteiger charge is 2.30. The van der Waals surface area contributed by atoms with Crippen LogP contribution in [-0.4, -0.2) is 36.9 Å². The zero-order valence-electron chi connectivity index (χ0n) is 18.9. The first kappa shape index (κ1) is 25.7. The zero-order valence-corrected chi connectivity index (χ0v) is 19.7. The van der Waals surface area contributed by atoms with Gasteiger partial charge in [-0.3, -0.25) is 0 Å². The summed E-state index contributed by atoms with van der Waals surface area (Å²) in [7, 11) is 0. The SMILES string of the molecule is CC(C)(C)OC(=O)[C@H](CCCCN)NC(=O)OCC1c2ccccc2-c2ccccc21.Cl. The highest BCUT2D eigenvalue weighted by atomic mass is 35.5. The Morgan fingerprint density at radius 3 is 2.09 bits per heavy atom. The lowest BCUT2D eigenvalue weighted by atomic mass is 9.98. The minimum absolute atomic E-state index is 0. The van der Waals surface area contributed by atoms with Crippen molar-refractivity contribution >= 4 is 24.5 Å². The van der Waals surface area contributed by atoms with Gasteiger partial charge >= 0.3 is 12.1 Å². The molecule has 0 saturated carbocycles. The van der Waals surface area contributed by atoms with E-state index in [0.29, 0.717) is 19.4 Å². The maximum absolute atomic E-state index is 12.6. The highest BCUT2D eigenvalue weighted by Crippen LogP contribution is 2.44. The summed E-state index contributed by atoms with van der Waals surface area (Å²) in [6.45, 7) is 6.13. The average molecular weight is 461 g/mol. The monoisotopic (exact) mass is 460 g/mol. The summed E-state index contributed by atoms with van der Waals surface area (Å²) in [5.74, 6) is -0.492. The van der Waals surface area contributed by atoms with E-state index in [2.05, 4.69) is 29.6 Å². The number of esters is 1. The van der Waals surface area contributed by atoms with Crippen molar-refractivity contribution in [3.8, 4) is 11.1 Å². The number of rotatable bonds is 8. The first-order valence-corrected chi connectivity index (χ1v) is 10.8. The van der Waals surface area contributed by atoms with Crippen LogP contribution in [-0.2, 0) is 14.3 Å². The molecule has 1 aliphatic carbocycles. The van der Waals surface area contributed by atoms with E-state index in [-0.39, 0.29) is 24.9 Å². The van der Waals surface area contributed by atoms with Crippen molar-refractivity contribution in [3.63, 3.8) is 0 Å². The minimum Gasteiger partial charge on any atom is -0.458 e. The number of alkyl carbamates (subject to hydrolysis) is 1. The zero-order chi connectivity index (χ0) is 22.4. The Kier molecular flexibility index (Phi) is 9.10. The van der Waals surface area contributed by atoms with E-state index in [0.717, 1.165) is 17.5 Å². The molecule has 3 N–H and O–H groups in total. The molecule has 0 radical (unpaired) electrons. The molecule has 0 saturated heterocycles. The van der Waals surface area contributed by atoms with E-state index >= 15 is 0 Å². The van der Waals surface area contributed by atoms with Gasteiger partial charge in [-0.25, -0.2) is 9.59 Å². The van der Waals surface area contributed by atoms with Gasteiger partial charge in [-0.05, 0) is 68.8 Å². The molecule has 1 aliphatic rings. The van der Waals surface area contributed by atoms with Crippen molar-refractivity contribution in [2.24, 2.45) is 5.73 Å². The number of unbranched alkanes of at least 4 members (excludes halogenated alkanes) is 1. The third kappa shape index (κ3) is 6.47. The van der Waals surface area contributed by atoms with E-state index in [9.17, 15) is 9.59 Å². The van der Waals surface area contributed by atoms with Gasteiger partial charge in [0, 0.05) is 5.92 Å². The second kappa shape index (κ2) is 11.3. The first-order chi connectivity index (χ1) is 14.8.